The fourth-order valence-electron chi connectivity index (χ4n) is 2.43. The molecule has 94 valence electrons. The lowest BCUT2D eigenvalue weighted by molar-refractivity contribution is 0.217. The summed E-state index contributed by atoms with van der Waals surface area (Å²) in [5.41, 5.74) is 2.11. The van der Waals surface area contributed by atoms with Crippen LogP contribution in [0.5, 0.6) is 0 Å². The summed E-state index contributed by atoms with van der Waals surface area (Å²) in [7, 11) is 2.20. The molecule has 1 aliphatic heterocycles. The zero-order valence-electron chi connectivity index (χ0n) is 10.5. The number of benzene rings is 1. The predicted octanol–water partition coefficient (Wildman–Crippen LogP) is 1.93. The normalized spacial score (nSPS) is 21.4. The van der Waals surface area contributed by atoms with E-state index in [1.165, 1.54) is 25.9 Å². The first kappa shape index (κ1) is 12.4. The molecular formula is C14H22N2O. The summed E-state index contributed by atoms with van der Waals surface area (Å²) in [6, 6.07) is 8.01. The molecule has 0 amide bonds. The van der Waals surface area contributed by atoms with E-state index in [-0.39, 0.29) is 6.61 Å². The van der Waals surface area contributed by atoms with Crippen LogP contribution in [0.3, 0.4) is 0 Å². The van der Waals surface area contributed by atoms with Crippen molar-refractivity contribution in [2.75, 3.05) is 32.0 Å². The van der Waals surface area contributed by atoms with Crippen LogP contribution in [0, 0.1) is 5.92 Å². The Morgan fingerprint density at radius 2 is 2.12 bits per heavy atom. The molecule has 0 saturated carbocycles. The molecule has 3 nitrogen and oxygen atoms in total. The molecular weight excluding hydrogens is 212 g/mol. The Morgan fingerprint density at radius 1 is 1.35 bits per heavy atom. The molecule has 0 bridgehead atoms. The molecule has 0 radical (unpaired) electrons. The van der Waals surface area contributed by atoms with Crippen LogP contribution >= 0.6 is 0 Å². The van der Waals surface area contributed by atoms with Crippen LogP contribution in [0.2, 0.25) is 0 Å². The third kappa shape index (κ3) is 3.72. The Bertz CT molecular complexity index is 337. The molecule has 1 unspecified atom stereocenters. The first-order chi connectivity index (χ1) is 8.28. The summed E-state index contributed by atoms with van der Waals surface area (Å²) in [5.74, 6) is 0.756. The fraction of sp³-hybridized carbons (Fsp3) is 0.571. The number of hydrogen-bond acceptors (Lipinski definition) is 3. The molecule has 0 aromatic heterocycles. The highest BCUT2D eigenvalue weighted by atomic mass is 16.3. The average molecular weight is 234 g/mol. The summed E-state index contributed by atoms with van der Waals surface area (Å²) >= 11 is 0. The zero-order valence-corrected chi connectivity index (χ0v) is 10.5. The molecule has 1 atom stereocenters. The second-order valence-electron chi connectivity index (χ2n) is 5.01. The van der Waals surface area contributed by atoms with Gasteiger partial charge in [0.05, 0.1) is 6.61 Å². The maximum Gasteiger partial charge on any atom is 0.0681 e. The van der Waals surface area contributed by atoms with Gasteiger partial charge in [0.1, 0.15) is 0 Å². The van der Waals surface area contributed by atoms with E-state index in [1.54, 1.807) is 0 Å². The Hall–Kier alpha value is -1.06. The second-order valence-corrected chi connectivity index (χ2v) is 5.01. The number of nitrogens with zero attached hydrogens (tertiary/aromatic N) is 1. The van der Waals surface area contributed by atoms with E-state index in [0.717, 1.165) is 23.7 Å². The van der Waals surface area contributed by atoms with Gasteiger partial charge in [0.25, 0.3) is 0 Å². The maximum atomic E-state index is 8.97. The Kier molecular flexibility index (Phi) is 4.40. The van der Waals surface area contributed by atoms with Crippen molar-refractivity contribution >= 4 is 5.69 Å². The lowest BCUT2D eigenvalue weighted by atomic mass is 9.98. The standard InChI is InChI=1S/C14H22N2O/c1-16-8-2-3-13(10-16)9-15-14-6-4-12(11-17)5-7-14/h4-7,13,15,17H,2-3,8-11H2,1H3. The number of piperidine rings is 1. The third-order valence-corrected chi connectivity index (χ3v) is 3.45. The lowest BCUT2D eigenvalue weighted by Gasteiger charge is -2.29. The summed E-state index contributed by atoms with van der Waals surface area (Å²) in [6.45, 7) is 3.60. The molecule has 1 heterocycles. The minimum Gasteiger partial charge on any atom is -0.392 e. The molecule has 17 heavy (non-hydrogen) atoms. The van der Waals surface area contributed by atoms with Gasteiger partial charge in [-0.15, -0.1) is 0 Å². The molecule has 1 aromatic carbocycles. The number of aliphatic hydroxyl groups excluding tert-OH is 1. The van der Waals surface area contributed by atoms with Crippen LogP contribution in [0.25, 0.3) is 0 Å². The molecule has 2 rings (SSSR count). The Labute approximate surface area is 103 Å². The predicted molar refractivity (Wildman–Crippen MR) is 71.1 cm³/mol. The van der Waals surface area contributed by atoms with Gasteiger partial charge < -0.3 is 15.3 Å². The first-order valence-corrected chi connectivity index (χ1v) is 6.40. The molecule has 1 aromatic rings. The SMILES string of the molecule is CN1CCCC(CNc2ccc(CO)cc2)C1. The summed E-state index contributed by atoms with van der Waals surface area (Å²) in [5, 5.41) is 12.4. The molecule has 1 saturated heterocycles. The molecule has 0 aliphatic carbocycles. The Balaban J connectivity index is 1.80. The van der Waals surface area contributed by atoms with Crippen molar-refractivity contribution < 1.29 is 5.11 Å². The van der Waals surface area contributed by atoms with Gasteiger partial charge in [-0.1, -0.05) is 12.1 Å². The van der Waals surface area contributed by atoms with E-state index in [4.69, 9.17) is 5.11 Å². The lowest BCUT2D eigenvalue weighted by Crippen LogP contribution is -2.35. The van der Waals surface area contributed by atoms with Gasteiger partial charge >= 0.3 is 0 Å². The van der Waals surface area contributed by atoms with Gasteiger partial charge in [-0.25, -0.2) is 0 Å². The number of rotatable bonds is 4. The van der Waals surface area contributed by atoms with Crippen molar-refractivity contribution in [3.8, 4) is 0 Å². The van der Waals surface area contributed by atoms with E-state index >= 15 is 0 Å². The largest absolute Gasteiger partial charge is 0.392 e. The van der Waals surface area contributed by atoms with Crippen LogP contribution in [0.4, 0.5) is 5.69 Å². The number of anilines is 1. The number of hydrogen-bond donors (Lipinski definition) is 2. The molecule has 0 spiro atoms. The monoisotopic (exact) mass is 234 g/mol. The van der Waals surface area contributed by atoms with Gasteiger partial charge in [0.15, 0.2) is 0 Å². The molecule has 1 aliphatic rings. The first-order valence-electron chi connectivity index (χ1n) is 6.40. The highest BCUT2D eigenvalue weighted by Crippen LogP contribution is 2.16. The highest BCUT2D eigenvalue weighted by Gasteiger charge is 2.16. The summed E-state index contributed by atoms with van der Waals surface area (Å²) in [4.78, 5) is 2.41. The fourth-order valence-corrected chi connectivity index (χ4v) is 2.43. The highest BCUT2D eigenvalue weighted by molar-refractivity contribution is 5.44. The third-order valence-electron chi connectivity index (χ3n) is 3.45. The quantitative estimate of drug-likeness (QED) is 0.835. The summed E-state index contributed by atoms with van der Waals surface area (Å²) < 4.78 is 0. The smallest absolute Gasteiger partial charge is 0.0681 e. The van der Waals surface area contributed by atoms with Crippen LogP contribution < -0.4 is 5.32 Å². The van der Waals surface area contributed by atoms with E-state index in [0.29, 0.717) is 0 Å². The van der Waals surface area contributed by atoms with Crippen LogP contribution in [0.1, 0.15) is 18.4 Å². The van der Waals surface area contributed by atoms with Crippen molar-refractivity contribution in [2.45, 2.75) is 19.4 Å². The van der Waals surface area contributed by atoms with Gasteiger partial charge in [-0.2, -0.15) is 0 Å². The minimum absolute atomic E-state index is 0.119. The average Bonchev–Trinajstić information content (AvgIpc) is 2.37. The van der Waals surface area contributed by atoms with E-state index in [2.05, 4.69) is 17.3 Å². The van der Waals surface area contributed by atoms with Crippen LogP contribution in [-0.2, 0) is 6.61 Å². The van der Waals surface area contributed by atoms with Crippen LogP contribution in [-0.4, -0.2) is 36.7 Å². The zero-order chi connectivity index (χ0) is 12.1. The number of nitrogens with one attached hydrogen (secondary N) is 1. The van der Waals surface area contributed by atoms with E-state index in [9.17, 15) is 0 Å². The number of aliphatic hydroxyl groups is 1. The molecule has 1 fully saturated rings. The van der Waals surface area contributed by atoms with Crippen molar-refractivity contribution in [3.05, 3.63) is 29.8 Å². The van der Waals surface area contributed by atoms with Gasteiger partial charge in [0, 0.05) is 18.8 Å². The van der Waals surface area contributed by atoms with E-state index in [1.807, 2.05) is 24.3 Å². The van der Waals surface area contributed by atoms with Gasteiger partial charge in [-0.05, 0) is 50.0 Å². The van der Waals surface area contributed by atoms with Crippen molar-refractivity contribution in [1.82, 2.24) is 4.90 Å². The van der Waals surface area contributed by atoms with Gasteiger partial charge in [0.2, 0.25) is 0 Å². The number of likely N-dealkylation sites (tertiary alicyclic amines) is 1. The van der Waals surface area contributed by atoms with Crippen molar-refractivity contribution in [3.63, 3.8) is 0 Å². The summed E-state index contributed by atoms with van der Waals surface area (Å²) in [6.07, 6.45) is 2.64. The molecule has 2 N–H and O–H groups in total. The second kappa shape index (κ2) is 6.03. The molecule has 3 heteroatoms. The Morgan fingerprint density at radius 3 is 2.76 bits per heavy atom. The van der Waals surface area contributed by atoms with Crippen LogP contribution in [0.15, 0.2) is 24.3 Å². The van der Waals surface area contributed by atoms with Crippen molar-refractivity contribution in [2.24, 2.45) is 5.92 Å². The topological polar surface area (TPSA) is 35.5 Å². The van der Waals surface area contributed by atoms with E-state index < -0.39 is 0 Å². The van der Waals surface area contributed by atoms with Gasteiger partial charge in [-0.3, -0.25) is 0 Å². The maximum absolute atomic E-state index is 8.97. The van der Waals surface area contributed by atoms with Crippen molar-refractivity contribution in [1.29, 1.82) is 0 Å². The minimum atomic E-state index is 0.119.